The molecule has 2 aromatic heterocycles. The number of carbonyl (C=O) groups is 4. The molecule has 0 bridgehead atoms. The second-order valence-electron chi connectivity index (χ2n) is 9.69. The van der Waals surface area contributed by atoms with Crippen LogP contribution < -0.4 is 21.7 Å². The molecule has 0 saturated carbocycles. The first-order valence-electron chi connectivity index (χ1n) is 13.1. The maximum atomic E-state index is 13.5. The van der Waals surface area contributed by atoms with Crippen molar-refractivity contribution in [2.45, 2.75) is 63.7 Å². The van der Waals surface area contributed by atoms with Gasteiger partial charge in [0.15, 0.2) is 0 Å². The van der Waals surface area contributed by atoms with Crippen molar-refractivity contribution >= 4 is 23.7 Å². The number of benzene rings is 1. The van der Waals surface area contributed by atoms with Gasteiger partial charge in [-0.15, -0.1) is 0 Å². The zero-order valence-electron chi connectivity index (χ0n) is 22.5. The number of hydrogen-bond donors (Lipinski definition) is 7. The fourth-order valence-corrected chi connectivity index (χ4v) is 4.10. The van der Waals surface area contributed by atoms with Crippen molar-refractivity contribution in [2.24, 2.45) is 11.7 Å². The van der Waals surface area contributed by atoms with E-state index in [1.165, 1.54) is 18.9 Å². The van der Waals surface area contributed by atoms with E-state index in [0.29, 0.717) is 17.8 Å². The van der Waals surface area contributed by atoms with Gasteiger partial charge in [-0.1, -0.05) is 50.6 Å². The van der Waals surface area contributed by atoms with Gasteiger partial charge in [0, 0.05) is 43.0 Å². The molecular formula is C27H36N8O5. The monoisotopic (exact) mass is 552 g/mol. The summed E-state index contributed by atoms with van der Waals surface area (Å²) in [5.74, 6) is -3.34. The van der Waals surface area contributed by atoms with Crippen LogP contribution in [-0.2, 0) is 38.4 Å². The van der Waals surface area contributed by atoms with Gasteiger partial charge in [0.05, 0.1) is 18.7 Å². The standard InChI is InChI=1S/C27H36N8O5/c1-3-16(2)23(26(38)34-22(27(39)40)9-17-7-5-4-6-8-17)35-25(37)21(11-19-13-30-15-32-19)33-24(36)20(28)10-18-12-29-14-31-18/h4-8,12-16,20-23H,3,9-11,28H2,1-2H3,(H,29,31)(H,30,32)(H,33,36)(H,34,38)(H,35,37)(H,39,40). The lowest BCUT2D eigenvalue weighted by Gasteiger charge is -2.28. The van der Waals surface area contributed by atoms with Crippen LogP contribution in [0.5, 0.6) is 0 Å². The number of H-pyrrole nitrogens is 2. The van der Waals surface area contributed by atoms with E-state index in [9.17, 15) is 24.3 Å². The van der Waals surface area contributed by atoms with Crippen molar-refractivity contribution in [2.75, 3.05) is 0 Å². The minimum Gasteiger partial charge on any atom is -0.480 e. The van der Waals surface area contributed by atoms with Crippen LogP contribution in [0.2, 0.25) is 0 Å². The number of aromatic nitrogens is 4. The molecule has 0 spiro atoms. The van der Waals surface area contributed by atoms with Crippen molar-refractivity contribution in [3.05, 3.63) is 72.3 Å². The van der Waals surface area contributed by atoms with Crippen LogP contribution in [0.1, 0.15) is 37.2 Å². The maximum Gasteiger partial charge on any atom is 0.326 e. The maximum absolute atomic E-state index is 13.5. The Balaban J connectivity index is 1.74. The SMILES string of the molecule is CCC(C)C(NC(=O)C(Cc1cnc[nH]1)NC(=O)C(N)Cc1cnc[nH]1)C(=O)NC(Cc1ccccc1)C(=O)O. The summed E-state index contributed by atoms with van der Waals surface area (Å²) in [6.45, 7) is 3.63. The van der Waals surface area contributed by atoms with E-state index in [4.69, 9.17) is 5.73 Å². The molecule has 3 rings (SSSR count). The Kier molecular flexibility index (Phi) is 10.9. The molecule has 2 heterocycles. The first-order chi connectivity index (χ1) is 19.2. The highest BCUT2D eigenvalue weighted by Crippen LogP contribution is 2.11. The third-order valence-electron chi connectivity index (χ3n) is 6.63. The number of nitrogens with one attached hydrogen (secondary N) is 5. The Labute approximate surface area is 231 Å². The number of nitrogens with two attached hydrogens (primary N) is 1. The summed E-state index contributed by atoms with van der Waals surface area (Å²) in [5.41, 5.74) is 8.05. The average molecular weight is 553 g/mol. The summed E-state index contributed by atoms with van der Waals surface area (Å²) in [6.07, 6.45) is 6.86. The highest BCUT2D eigenvalue weighted by atomic mass is 16.4. The van der Waals surface area contributed by atoms with E-state index >= 15 is 0 Å². The number of rotatable bonds is 15. The number of carboxylic acids is 1. The van der Waals surface area contributed by atoms with Crippen molar-refractivity contribution in [3.8, 4) is 0 Å². The smallest absolute Gasteiger partial charge is 0.326 e. The second-order valence-corrected chi connectivity index (χ2v) is 9.69. The molecule has 3 amide bonds. The highest BCUT2D eigenvalue weighted by Gasteiger charge is 2.33. The summed E-state index contributed by atoms with van der Waals surface area (Å²) >= 11 is 0. The molecule has 214 valence electrons. The van der Waals surface area contributed by atoms with Crippen LogP contribution >= 0.6 is 0 Å². The van der Waals surface area contributed by atoms with Crippen molar-refractivity contribution < 1.29 is 24.3 Å². The number of hydrogen-bond acceptors (Lipinski definition) is 7. The average Bonchev–Trinajstić information content (AvgIpc) is 3.65. The number of imidazole rings is 2. The Morgan fingerprint density at radius 1 is 0.850 bits per heavy atom. The summed E-state index contributed by atoms with van der Waals surface area (Å²) in [7, 11) is 0. The van der Waals surface area contributed by atoms with Gasteiger partial charge in [-0.05, 0) is 11.5 Å². The van der Waals surface area contributed by atoms with E-state index in [1.807, 2.05) is 13.0 Å². The number of carbonyl (C=O) groups excluding carboxylic acids is 3. The minimum atomic E-state index is -1.20. The lowest BCUT2D eigenvalue weighted by atomic mass is 9.96. The number of amides is 3. The van der Waals surface area contributed by atoms with E-state index < -0.39 is 47.9 Å². The Morgan fingerprint density at radius 2 is 1.45 bits per heavy atom. The van der Waals surface area contributed by atoms with E-state index in [1.54, 1.807) is 37.4 Å². The molecule has 0 aliphatic heterocycles. The molecule has 0 aliphatic rings. The van der Waals surface area contributed by atoms with Crippen molar-refractivity contribution in [1.82, 2.24) is 35.9 Å². The van der Waals surface area contributed by atoms with Crippen LogP contribution in [0, 0.1) is 5.92 Å². The quantitative estimate of drug-likeness (QED) is 0.137. The van der Waals surface area contributed by atoms with Crippen LogP contribution in [0.3, 0.4) is 0 Å². The predicted molar refractivity (Wildman–Crippen MR) is 146 cm³/mol. The lowest BCUT2D eigenvalue weighted by Crippen LogP contribution is -2.59. The number of aromatic amines is 2. The molecule has 8 N–H and O–H groups in total. The topological polar surface area (TPSA) is 208 Å². The summed E-state index contributed by atoms with van der Waals surface area (Å²) < 4.78 is 0. The third-order valence-corrected chi connectivity index (χ3v) is 6.63. The van der Waals surface area contributed by atoms with E-state index in [0.717, 1.165) is 5.56 Å². The Morgan fingerprint density at radius 3 is 2.00 bits per heavy atom. The fourth-order valence-electron chi connectivity index (χ4n) is 4.10. The molecule has 3 aromatic rings. The van der Waals surface area contributed by atoms with Crippen LogP contribution in [0.15, 0.2) is 55.4 Å². The normalized spacial score (nSPS) is 14.8. The molecule has 0 aliphatic carbocycles. The van der Waals surface area contributed by atoms with Gasteiger partial charge in [-0.25, -0.2) is 14.8 Å². The van der Waals surface area contributed by atoms with Crippen LogP contribution in [0.25, 0.3) is 0 Å². The zero-order valence-corrected chi connectivity index (χ0v) is 22.5. The number of aliphatic carboxylic acids is 1. The van der Waals surface area contributed by atoms with Crippen molar-refractivity contribution in [1.29, 1.82) is 0 Å². The van der Waals surface area contributed by atoms with E-state index in [2.05, 4.69) is 35.9 Å². The molecule has 0 fully saturated rings. The predicted octanol–water partition coefficient (Wildman–Crippen LogP) is 0.0731. The summed E-state index contributed by atoms with van der Waals surface area (Å²) in [5, 5.41) is 17.7. The molecule has 0 radical (unpaired) electrons. The molecule has 13 heteroatoms. The second kappa shape index (κ2) is 14.6. The Hall–Kier alpha value is -4.52. The number of nitrogens with zero attached hydrogens (tertiary/aromatic N) is 2. The van der Waals surface area contributed by atoms with Gasteiger partial charge in [0.1, 0.15) is 18.1 Å². The van der Waals surface area contributed by atoms with Crippen molar-refractivity contribution in [3.63, 3.8) is 0 Å². The molecular weight excluding hydrogens is 516 g/mol. The molecule has 13 nitrogen and oxygen atoms in total. The van der Waals surface area contributed by atoms with Gasteiger partial charge in [0.25, 0.3) is 0 Å². The van der Waals surface area contributed by atoms with Gasteiger partial charge < -0.3 is 36.8 Å². The van der Waals surface area contributed by atoms with Gasteiger partial charge in [-0.2, -0.15) is 0 Å². The van der Waals surface area contributed by atoms with Crippen LogP contribution in [-0.4, -0.2) is 72.9 Å². The number of carboxylic acid groups (broad SMARTS) is 1. The Bertz CT molecular complexity index is 1230. The van der Waals surface area contributed by atoms with Gasteiger partial charge in [-0.3, -0.25) is 14.4 Å². The summed E-state index contributed by atoms with van der Waals surface area (Å²) in [6, 6.07) is 4.65. The molecule has 5 unspecified atom stereocenters. The molecule has 40 heavy (non-hydrogen) atoms. The van der Waals surface area contributed by atoms with Gasteiger partial charge in [0.2, 0.25) is 17.7 Å². The third kappa shape index (κ3) is 8.76. The minimum absolute atomic E-state index is 0.0644. The lowest BCUT2D eigenvalue weighted by molar-refractivity contribution is -0.142. The fraction of sp³-hybridized carbons (Fsp3) is 0.407. The van der Waals surface area contributed by atoms with Gasteiger partial charge >= 0.3 is 5.97 Å². The molecule has 0 saturated heterocycles. The van der Waals surface area contributed by atoms with E-state index in [-0.39, 0.29) is 25.2 Å². The first kappa shape index (κ1) is 30.0. The highest BCUT2D eigenvalue weighted by molar-refractivity contribution is 5.94. The molecule has 5 atom stereocenters. The zero-order chi connectivity index (χ0) is 29.1. The largest absolute Gasteiger partial charge is 0.480 e. The first-order valence-corrected chi connectivity index (χ1v) is 13.1. The molecule has 1 aromatic carbocycles. The van der Waals surface area contributed by atoms with Crippen LogP contribution in [0.4, 0.5) is 0 Å². The summed E-state index contributed by atoms with van der Waals surface area (Å²) in [4.78, 5) is 65.3.